The average Bonchev–Trinajstić information content (AvgIpc) is 2.59. The second-order valence-corrected chi connectivity index (χ2v) is 8.08. The van der Waals surface area contributed by atoms with Crippen LogP contribution in [-0.4, -0.2) is 32.9 Å². The van der Waals surface area contributed by atoms with Crippen LogP contribution in [0.1, 0.15) is 6.92 Å². The lowest BCUT2D eigenvalue weighted by Crippen LogP contribution is -2.20. The van der Waals surface area contributed by atoms with Gasteiger partial charge in [-0.25, -0.2) is 13.6 Å². The number of ether oxygens (including phenoxy) is 2. The Balaban J connectivity index is 1.72. The summed E-state index contributed by atoms with van der Waals surface area (Å²) in [4.78, 5) is 12.9. The molecule has 2 aromatic rings. The van der Waals surface area contributed by atoms with Crippen LogP contribution in [0.15, 0.2) is 64.4 Å². The first-order valence-electron chi connectivity index (χ1n) is 7.50. The fourth-order valence-corrected chi connectivity index (χ4v) is 3.30. The van der Waals surface area contributed by atoms with E-state index in [2.05, 4.69) is 0 Å². The van der Waals surface area contributed by atoms with Crippen LogP contribution in [0, 0.1) is 0 Å². The van der Waals surface area contributed by atoms with Crippen molar-refractivity contribution in [3.8, 4) is 5.75 Å². The lowest BCUT2D eigenvalue weighted by atomic mass is 10.3. The van der Waals surface area contributed by atoms with E-state index in [1.807, 2.05) is 30.3 Å². The summed E-state index contributed by atoms with van der Waals surface area (Å²) in [5.74, 6) is 0.150. The number of nitrogens with two attached hydrogens (primary N) is 1. The maximum absolute atomic E-state index is 11.9. The Morgan fingerprint density at radius 2 is 1.72 bits per heavy atom. The van der Waals surface area contributed by atoms with E-state index in [-0.39, 0.29) is 29.3 Å². The first-order valence-corrected chi connectivity index (χ1v) is 9.93. The lowest BCUT2D eigenvalue weighted by molar-refractivity contribution is -0.143. The summed E-state index contributed by atoms with van der Waals surface area (Å²) >= 11 is 1.43. The van der Waals surface area contributed by atoms with Crippen LogP contribution in [-0.2, 0) is 19.6 Å². The minimum atomic E-state index is -3.72. The van der Waals surface area contributed by atoms with Crippen molar-refractivity contribution in [1.29, 1.82) is 0 Å². The van der Waals surface area contributed by atoms with Gasteiger partial charge in [0.05, 0.1) is 4.90 Å². The topological polar surface area (TPSA) is 95.7 Å². The molecule has 1 atom stereocenters. The van der Waals surface area contributed by atoms with Gasteiger partial charge in [-0.15, -0.1) is 11.8 Å². The molecule has 134 valence electrons. The molecule has 0 aliphatic heterocycles. The van der Waals surface area contributed by atoms with Gasteiger partial charge < -0.3 is 9.47 Å². The Labute approximate surface area is 151 Å². The van der Waals surface area contributed by atoms with E-state index in [1.54, 1.807) is 6.92 Å². The van der Waals surface area contributed by atoms with Crippen LogP contribution in [0.4, 0.5) is 0 Å². The summed E-state index contributed by atoms with van der Waals surface area (Å²) in [5, 5.41) is 4.69. The molecule has 25 heavy (non-hydrogen) atoms. The Morgan fingerprint density at radius 1 is 1.08 bits per heavy atom. The van der Waals surface area contributed by atoms with Gasteiger partial charge in [0.25, 0.3) is 0 Å². The number of benzene rings is 2. The molecule has 0 aliphatic rings. The number of hydrogen-bond acceptors (Lipinski definition) is 6. The smallest absolute Gasteiger partial charge is 0.319 e. The third-order valence-electron chi connectivity index (χ3n) is 3.14. The number of thioether (sulfide) groups is 1. The van der Waals surface area contributed by atoms with Gasteiger partial charge >= 0.3 is 5.97 Å². The molecule has 2 aromatic carbocycles. The SMILES string of the molecule is C[C@@H](Sc1ccccc1)C(=O)OCCOc1ccc(S(N)(=O)=O)cc1. The number of carbonyl (C=O) groups excluding carboxylic acids is 1. The molecular formula is C17H19NO5S2. The molecule has 0 amide bonds. The molecule has 8 heteroatoms. The van der Waals surface area contributed by atoms with Gasteiger partial charge in [0.2, 0.25) is 10.0 Å². The highest BCUT2D eigenvalue weighted by Gasteiger charge is 2.15. The highest BCUT2D eigenvalue weighted by Crippen LogP contribution is 2.23. The maximum atomic E-state index is 11.9. The van der Waals surface area contributed by atoms with Crippen molar-refractivity contribution in [3.05, 3.63) is 54.6 Å². The van der Waals surface area contributed by atoms with Crippen molar-refractivity contribution in [3.63, 3.8) is 0 Å². The quantitative estimate of drug-likeness (QED) is 0.429. The average molecular weight is 381 g/mol. The number of hydrogen-bond donors (Lipinski definition) is 1. The lowest BCUT2D eigenvalue weighted by Gasteiger charge is -2.12. The van der Waals surface area contributed by atoms with E-state index in [0.717, 1.165) is 4.90 Å². The van der Waals surface area contributed by atoms with Gasteiger partial charge in [-0.2, -0.15) is 0 Å². The maximum Gasteiger partial charge on any atom is 0.319 e. The highest BCUT2D eigenvalue weighted by molar-refractivity contribution is 8.00. The van der Waals surface area contributed by atoms with Crippen LogP contribution in [0.3, 0.4) is 0 Å². The third-order valence-corrected chi connectivity index (χ3v) is 5.16. The molecule has 0 saturated heterocycles. The normalized spacial score (nSPS) is 12.4. The van der Waals surface area contributed by atoms with Gasteiger partial charge in [-0.3, -0.25) is 4.79 Å². The van der Waals surface area contributed by atoms with Crippen LogP contribution in [0.5, 0.6) is 5.75 Å². The molecule has 6 nitrogen and oxygen atoms in total. The Bertz CT molecular complexity index is 792. The molecule has 0 bridgehead atoms. The largest absolute Gasteiger partial charge is 0.490 e. The molecule has 0 spiro atoms. The minimum absolute atomic E-state index is 0.0121. The standard InChI is InChI=1S/C17H19NO5S2/c1-13(24-15-5-3-2-4-6-15)17(19)23-12-11-22-14-7-9-16(10-8-14)25(18,20)21/h2-10,13H,11-12H2,1H3,(H2,18,20,21)/t13-/m1/s1. The molecule has 0 radical (unpaired) electrons. The molecule has 2 rings (SSSR count). The highest BCUT2D eigenvalue weighted by atomic mass is 32.2. The number of sulfonamides is 1. The summed E-state index contributed by atoms with van der Waals surface area (Å²) < 4.78 is 32.9. The van der Waals surface area contributed by atoms with Gasteiger partial charge in [0.15, 0.2) is 0 Å². The predicted molar refractivity (Wildman–Crippen MR) is 96.0 cm³/mol. The third kappa shape index (κ3) is 6.41. The van der Waals surface area contributed by atoms with Gasteiger partial charge in [0, 0.05) is 4.90 Å². The number of esters is 1. The first kappa shape index (κ1) is 19.3. The Hall–Kier alpha value is -2.03. The summed E-state index contributed by atoms with van der Waals surface area (Å²) in [7, 11) is -3.72. The van der Waals surface area contributed by atoms with Gasteiger partial charge in [-0.1, -0.05) is 18.2 Å². The number of primary sulfonamides is 1. The van der Waals surface area contributed by atoms with Crippen molar-refractivity contribution in [1.82, 2.24) is 0 Å². The molecule has 0 unspecified atom stereocenters. The van der Waals surface area contributed by atoms with Crippen molar-refractivity contribution >= 4 is 27.8 Å². The Morgan fingerprint density at radius 3 is 2.32 bits per heavy atom. The molecule has 2 N–H and O–H groups in total. The van der Waals surface area contributed by atoms with E-state index in [1.165, 1.54) is 36.0 Å². The van der Waals surface area contributed by atoms with E-state index < -0.39 is 10.0 Å². The van der Waals surface area contributed by atoms with E-state index in [0.29, 0.717) is 5.75 Å². The van der Waals surface area contributed by atoms with Crippen molar-refractivity contribution in [2.24, 2.45) is 5.14 Å². The molecule has 0 heterocycles. The molecule has 0 fully saturated rings. The summed E-state index contributed by atoms with van der Waals surface area (Å²) in [6, 6.07) is 15.3. The van der Waals surface area contributed by atoms with Crippen LogP contribution in [0.25, 0.3) is 0 Å². The van der Waals surface area contributed by atoms with Gasteiger partial charge in [-0.05, 0) is 43.3 Å². The fraction of sp³-hybridized carbons (Fsp3) is 0.235. The monoisotopic (exact) mass is 381 g/mol. The van der Waals surface area contributed by atoms with Gasteiger partial charge in [0.1, 0.15) is 24.2 Å². The van der Waals surface area contributed by atoms with E-state index in [4.69, 9.17) is 14.6 Å². The Kier molecular flexibility index (Phi) is 6.86. The summed E-state index contributed by atoms with van der Waals surface area (Å²) in [6.07, 6.45) is 0. The predicted octanol–water partition coefficient (Wildman–Crippen LogP) is 2.44. The second kappa shape index (κ2) is 8.89. The van der Waals surface area contributed by atoms with E-state index >= 15 is 0 Å². The molecular weight excluding hydrogens is 362 g/mol. The van der Waals surface area contributed by atoms with Crippen LogP contribution in [0.2, 0.25) is 0 Å². The molecule has 0 saturated carbocycles. The zero-order valence-corrected chi connectivity index (χ0v) is 15.3. The van der Waals surface area contributed by atoms with Crippen molar-refractivity contribution in [2.45, 2.75) is 22.0 Å². The number of rotatable bonds is 8. The first-order chi connectivity index (χ1) is 11.9. The summed E-state index contributed by atoms with van der Waals surface area (Å²) in [5.41, 5.74) is 0. The molecule has 0 aliphatic carbocycles. The minimum Gasteiger partial charge on any atom is -0.490 e. The zero-order chi connectivity index (χ0) is 18.3. The summed E-state index contributed by atoms with van der Waals surface area (Å²) in [6.45, 7) is 2.06. The van der Waals surface area contributed by atoms with Crippen molar-refractivity contribution < 1.29 is 22.7 Å². The second-order valence-electron chi connectivity index (χ2n) is 5.11. The van der Waals surface area contributed by atoms with Crippen LogP contribution >= 0.6 is 11.8 Å². The zero-order valence-electron chi connectivity index (χ0n) is 13.6. The molecule has 0 aromatic heterocycles. The fourth-order valence-electron chi connectivity index (χ4n) is 1.90. The van der Waals surface area contributed by atoms with Crippen molar-refractivity contribution in [2.75, 3.05) is 13.2 Å². The van der Waals surface area contributed by atoms with Crippen LogP contribution < -0.4 is 9.88 Å². The van der Waals surface area contributed by atoms with E-state index in [9.17, 15) is 13.2 Å². The number of carbonyl (C=O) groups is 1.